The second-order valence-electron chi connectivity index (χ2n) is 9.42. The summed E-state index contributed by atoms with van der Waals surface area (Å²) in [5.41, 5.74) is 5.41. The smallest absolute Gasteiger partial charge is 0.326 e. The number of likely N-dealkylation sites (tertiary alicyclic amines) is 1. The molecule has 41 heavy (non-hydrogen) atoms. The molecule has 6 N–H and O–H groups in total. The van der Waals surface area contributed by atoms with Crippen molar-refractivity contribution in [2.45, 2.75) is 75.5 Å². The predicted octanol–water partition coefficient (Wildman–Crippen LogP) is 0.256. The molecule has 1 fully saturated rings. The number of carbonyl (C=O) groups excluding carboxylic acids is 4. The van der Waals surface area contributed by atoms with Crippen LogP contribution in [0, 0.1) is 23.7 Å². The molecule has 1 aromatic heterocycles. The molecule has 1 aromatic rings. The number of nitriles is 1. The van der Waals surface area contributed by atoms with Crippen LogP contribution in [0.3, 0.4) is 0 Å². The van der Waals surface area contributed by atoms with Gasteiger partial charge in [-0.25, -0.2) is 13.6 Å². The van der Waals surface area contributed by atoms with Crippen LogP contribution in [0.1, 0.15) is 61.1 Å². The Morgan fingerprint density at radius 1 is 1.22 bits per heavy atom. The first-order valence-electron chi connectivity index (χ1n) is 12.8. The predicted molar refractivity (Wildman–Crippen MR) is 138 cm³/mol. The largest absolute Gasteiger partial charge is 0.480 e. The normalized spacial score (nSPS) is 17.0. The number of rotatable bonds is 15. The average Bonchev–Trinajstić information content (AvgIpc) is 3.53. The number of hydrogen-bond donors (Lipinski definition) is 5. The Kier molecular flexibility index (Phi) is 12.2. The molecule has 2 heterocycles. The number of furan rings is 1. The maximum absolute atomic E-state index is 13.5. The van der Waals surface area contributed by atoms with Crippen molar-refractivity contribution in [2.24, 2.45) is 5.73 Å². The lowest BCUT2D eigenvalue weighted by Gasteiger charge is -2.20. The van der Waals surface area contributed by atoms with Crippen LogP contribution < -0.4 is 21.7 Å². The van der Waals surface area contributed by atoms with Gasteiger partial charge in [0.15, 0.2) is 0 Å². The zero-order valence-corrected chi connectivity index (χ0v) is 22.2. The summed E-state index contributed by atoms with van der Waals surface area (Å²) in [6.07, 6.45) is 5.93. The topological polar surface area (TPSA) is 208 Å². The zero-order chi connectivity index (χ0) is 30.6. The summed E-state index contributed by atoms with van der Waals surface area (Å²) in [6.45, 7) is -0.666. The number of nitrogens with zero attached hydrogens (tertiary/aromatic N) is 2. The number of amides is 4. The Labute approximate surface area is 234 Å². The second kappa shape index (κ2) is 15.3. The van der Waals surface area contributed by atoms with E-state index < -0.39 is 66.6 Å². The Balaban J connectivity index is 1.86. The minimum atomic E-state index is -3.16. The molecule has 0 radical (unpaired) electrons. The molecule has 0 bridgehead atoms. The highest BCUT2D eigenvalue weighted by molar-refractivity contribution is 5.98. The fraction of sp³-hybridized carbons (Fsp3) is 0.538. The molecule has 0 aliphatic carbocycles. The first-order valence-corrected chi connectivity index (χ1v) is 12.8. The molecule has 0 saturated carbocycles. The van der Waals surface area contributed by atoms with E-state index in [4.69, 9.17) is 21.8 Å². The molecule has 2 rings (SSSR count). The molecule has 4 amide bonds. The third-order valence-corrected chi connectivity index (χ3v) is 6.19. The van der Waals surface area contributed by atoms with E-state index in [1.807, 2.05) is 0 Å². The molecule has 3 atom stereocenters. The number of aliphatic carboxylic acids is 1. The lowest BCUT2D eigenvalue weighted by molar-refractivity contribution is -0.142. The molecule has 1 unspecified atom stereocenters. The monoisotopic (exact) mass is 578 g/mol. The minimum absolute atomic E-state index is 0.00511. The number of nitrogens with two attached hydrogens (primary N) is 1. The summed E-state index contributed by atoms with van der Waals surface area (Å²) >= 11 is 0. The van der Waals surface area contributed by atoms with Gasteiger partial charge < -0.3 is 36.1 Å². The van der Waals surface area contributed by atoms with E-state index >= 15 is 0 Å². The van der Waals surface area contributed by atoms with Gasteiger partial charge >= 0.3 is 5.97 Å². The van der Waals surface area contributed by atoms with Crippen LogP contribution in [0.2, 0.25) is 0 Å². The maximum atomic E-state index is 13.5. The summed E-state index contributed by atoms with van der Waals surface area (Å²) < 4.78 is 32.3. The van der Waals surface area contributed by atoms with Crippen molar-refractivity contribution >= 4 is 29.6 Å². The molecule has 1 saturated heterocycles. The van der Waals surface area contributed by atoms with Gasteiger partial charge in [0.1, 0.15) is 30.1 Å². The van der Waals surface area contributed by atoms with Crippen molar-refractivity contribution in [3.8, 4) is 18.4 Å². The third kappa shape index (κ3) is 10.2. The van der Waals surface area contributed by atoms with Crippen molar-refractivity contribution < 1.29 is 42.3 Å². The van der Waals surface area contributed by atoms with E-state index in [1.165, 1.54) is 6.07 Å². The van der Waals surface area contributed by atoms with Gasteiger partial charge in [0.25, 0.3) is 11.8 Å². The molecule has 13 nitrogen and oxygen atoms in total. The van der Waals surface area contributed by atoms with Crippen LogP contribution in [0.25, 0.3) is 0 Å². The molecule has 222 valence electrons. The SMILES string of the molecule is C#CCC(NC(=O)c1coc(CNC(=O)CCC(=O)N2CC(F)(F)C[C@H]2C#N)c1)C(=O)N[C@@H](CCCCN)C(=O)O. The Morgan fingerprint density at radius 3 is 2.59 bits per heavy atom. The fourth-order valence-electron chi connectivity index (χ4n) is 4.02. The molecule has 1 aliphatic rings. The standard InChI is InChI=1S/C26H32F2N6O7/c1-2-5-19(24(38)33-20(25(39)40)6-3-4-9-29)32-23(37)16-10-18(41-14-16)13-31-21(35)7-8-22(36)34-15-26(27,28)11-17(34)12-30/h1,10,14,17,19-20H,3-9,11,13,15,29H2,(H,31,35)(H,32,37)(H,33,38)(H,39,40)/t17-,19?,20-/m0/s1. The number of terminal acetylenes is 1. The number of carbonyl (C=O) groups is 5. The van der Waals surface area contributed by atoms with Crippen molar-refractivity contribution in [3.05, 3.63) is 23.7 Å². The highest BCUT2D eigenvalue weighted by Gasteiger charge is 2.47. The summed E-state index contributed by atoms with van der Waals surface area (Å²) in [5, 5.41) is 25.6. The zero-order valence-electron chi connectivity index (χ0n) is 22.2. The van der Waals surface area contributed by atoms with Crippen LogP contribution in [0.4, 0.5) is 8.78 Å². The number of unbranched alkanes of at least 4 members (excludes halogenated alkanes) is 1. The van der Waals surface area contributed by atoms with E-state index in [-0.39, 0.29) is 43.6 Å². The number of nitrogens with one attached hydrogen (secondary N) is 3. The molecule has 15 heteroatoms. The fourth-order valence-corrected chi connectivity index (χ4v) is 4.02. The van der Waals surface area contributed by atoms with Gasteiger partial charge in [-0.15, -0.1) is 12.3 Å². The highest BCUT2D eigenvalue weighted by atomic mass is 19.3. The lowest BCUT2D eigenvalue weighted by atomic mass is 10.1. The summed E-state index contributed by atoms with van der Waals surface area (Å²) in [7, 11) is 0. The van der Waals surface area contributed by atoms with E-state index in [1.54, 1.807) is 6.07 Å². The van der Waals surface area contributed by atoms with Gasteiger partial charge in [-0.3, -0.25) is 19.2 Å². The van der Waals surface area contributed by atoms with Gasteiger partial charge in [0, 0.05) is 25.7 Å². The molecular formula is C26H32F2N6O7. The van der Waals surface area contributed by atoms with Crippen molar-refractivity contribution in [1.82, 2.24) is 20.9 Å². The maximum Gasteiger partial charge on any atom is 0.326 e. The van der Waals surface area contributed by atoms with Crippen molar-refractivity contribution in [2.75, 3.05) is 13.1 Å². The molecule has 0 spiro atoms. The number of alkyl halides is 2. The second-order valence-corrected chi connectivity index (χ2v) is 9.42. The average molecular weight is 579 g/mol. The first kappa shape index (κ1) is 32.7. The number of carboxylic acid groups (broad SMARTS) is 1. The van der Waals surface area contributed by atoms with Gasteiger partial charge in [0.05, 0.1) is 24.7 Å². The summed E-state index contributed by atoms with van der Waals surface area (Å²) in [6, 6.07) is -0.705. The summed E-state index contributed by atoms with van der Waals surface area (Å²) in [5.74, 6) is -4.83. The highest BCUT2D eigenvalue weighted by Crippen LogP contribution is 2.32. The Bertz CT molecular complexity index is 1210. The number of hydrogen-bond acceptors (Lipinski definition) is 8. The third-order valence-electron chi connectivity index (χ3n) is 6.19. The van der Waals surface area contributed by atoms with Gasteiger partial charge in [-0.1, -0.05) is 0 Å². The van der Waals surface area contributed by atoms with Crippen molar-refractivity contribution in [1.29, 1.82) is 5.26 Å². The quantitative estimate of drug-likeness (QED) is 0.143. The van der Waals surface area contributed by atoms with Crippen LogP contribution in [-0.4, -0.2) is 76.7 Å². The van der Waals surface area contributed by atoms with E-state index in [9.17, 15) is 37.9 Å². The van der Waals surface area contributed by atoms with Crippen LogP contribution in [-0.2, 0) is 25.7 Å². The van der Waals surface area contributed by atoms with E-state index in [0.717, 1.165) is 11.2 Å². The van der Waals surface area contributed by atoms with Crippen LogP contribution in [0.5, 0.6) is 0 Å². The Hall–Kier alpha value is -4.50. The number of carboxylic acids is 1. The molecule has 1 aliphatic heterocycles. The van der Waals surface area contributed by atoms with Gasteiger partial charge in [-0.05, 0) is 31.9 Å². The van der Waals surface area contributed by atoms with E-state index in [2.05, 4.69) is 21.9 Å². The Morgan fingerprint density at radius 2 is 1.95 bits per heavy atom. The first-order chi connectivity index (χ1) is 19.4. The van der Waals surface area contributed by atoms with Crippen molar-refractivity contribution in [3.63, 3.8) is 0 Å². The number of halogens is 2. The lowest BCUT2D eigenvalue weighted by Crippen LogP contribution is -2.51. The van der Waals surface area contributed by atoms with Gasteiger partial charge in [-0.2, -0.15) is 5.26 Å². The minimum Gasteiger partial charge on any atom is -0.480 e. The van der Waals surface area contributed by atoms with Crippen LogP contribution >= 0.6 is 0 Å². The van der Waals surface area contributed by atoms with Gasteiger partial charge in [0.2, 0.25) is 17.7 Å². The van der Waals surface area contributed by atoms with Crippen LogP contribution in [0.15, 0.2) is 16.7 Å². The summed E-state index contributed by atoms with van der Waals surface area (Å²) in [4.78, 5) is 61.9. The van der Waals surface area contributed by atoms with E-state index in [0.29, 0.717) is 19.4 Å². The molecule has 0 aromatic carbocycles. The molecular weight excluding hydrogens is 546 g/mol.